The van der Waals surface area contributed by atoms with E-state index in [1.807, 2.05) is 13.0 Å². The third-order valence-electron chi connectivity index (χ3n) is 10.1. The molecule has 1 heterocycles. The van der Waals surface area contributed by atoms with Gasteiger partial charge in [0.25, 0.3) is 0 Å². The van der Waals surface area contributed by atoms with Crippen LogP contribution in [0.1, 0.15) is 74.1 Å². The number of ether oxygens (including phenoxy) is 3. The van der Waals surface area contributed by atoms with Crippen LogP contribution in [0.4, 0.5) is 0 Å². The van der Waals surface area contributed by atoms with Gasteiger partial charge in [0.2, 0.25) is 0 Å². The van der Waals surface area contributed by atoms with Gasteiger partial charge >= 0.3 is 17.9 Å². The molecular weight excluding hydrogens is 516 g/mol. The Balaban J connectivity index is 2.05. The van der Waals surface area contributed by atoms with E-state index in [2.05, 4.69) is 47.4 Å². The van der Waals surface area contributed by atoms with Gasteiger partial charge in [-0.1, -0.05) is 41.2 Å². The zero-order chi connectivity index (χ0) is 29.6. The molecule has 0 spiro atoms. The van der Waals surface area contributed by atoms with Crippen LogP contribution in [-0.4, -0.2) is 62.9 Å². The lowest BCUT2D eigenvalue weighted by Gasteiger charge is -2.61. The van der Waals surface area contributed by atoms with Crippen LogP contribution in [0.5, 0.6) is 0 Å². The first-order valence-corrected chi connectivity index (χ1v) is 17.0. The van der Waals surface area contributed by atoms with Crippen LogP contribution in [0, 0.1) is 22.7 Å². The van der Waals surface area contributed by atoms with E-state index in [1.165, 1.54) is 13.8 Å². The second-order valence-corrected chi connectivity index (χ2v) is 18.5. The zero-order valence-corrected chi connectivity index (χ0v) is 26.2. The molecule has 2 aliphatic carbocycles. The molecule has 0 radical (unpaired) electrons. The quantitative estimate of drug-likeness (QED) is 0.188. The monoisotopic (exact) mass is 564 g/mol. The summed E-state index contributed by atoms with van der Waals surface area (Å²) in [6.45, 7) is 22.4. The van der Waals surface area contributed by atoms with Gasteiger partial charge in [-0.15, -0.1) is 0 Å². The summed E-state index contributed by atoms with van der Waals surface area (Å²) >= 11 is 0. The van der Waals surface area contributed by atoms with E-state index in [-0.39, 0.29) is 47.4 Å². The van der Waals surface area contributed by atoms with Gasteiger partial charge in [-0.25, -0.2) is 4.79 Å². The van der Waals surface area contributed by atoms with E-state index in [1.54, 1.807) is 0 Å². The Kier molecular flexibility index (Phi) is 9.00. The molecule has 3 rings (SSSR count). The zero-order valence-electron chi connectivity index (χ0n) is 25.2. The Morgan fingerprint density at radius 3 is 2.38 bits per heavy atom. The highest BCUT2D eigenvalue weighted by Gasteiger charge is 2.61. The second kappa shape index (κ2) is 11.1. The fourth-order valence-electron chi connectivity index (χ4n) is 6.80. The average molecular weight is 565 g/mol. The fourth-order valence-corrected chi connectivity index (χ4v) is 8.08. The largest absolute Gasteiger partial charge is 0.465 e. The van der Waals surface area contributed by atoms with E-state index < -0.39 is 38.0 Å². The predicted molar refractivity (Wildman–Crippen MR) is 150 cm³/mol. The molecule has 0 aromatic heterocycles. The first-order chi connectivity index (χ1) is 17.8. The van der Waals surface area contributed by atoms with Gasteiger partial charge in [0, 0.05) is 19.3 Å². The second-order valence-electron chi connectivity index (χ2n) is 13.7. The summed E-state index contributed by atoms with van der Waals surface area (Å²) in [5.74, 6) is -1.49. The highest BCUT2D eigenvalue weighted by molar-refractivity contribution is 6.74. The maximum atomic E-state index is 12.8. The number of fused-ring (bicyclic) bond motifs is 1. The number of carbonyl (C=O) groups is 3. The molecule has 0 saturated heterocycles. The number of rotatable bonds is 8. The SMILES string of the molecule is C=C1C(O)C[C@@H]2[C@](C)(COC(C)=O)[C@H](OC(C)=O)CC[C@@]2(C)[C@@H]1C[C@H](O[Si](C)(C)C(C)(C)C)C1=CCOC1=O. The van der Waals surface area contributed by atoms with Crippen LogP contribution in [0.3, 0.4) is 0 Å². The van der Waals surface area contributed by atoms with Gasteiger partial charge in [0.05, 0.1) is 17.8 Å². The molecule has 0 aromatic rings. The molecule has 1 aliphatic heterocycles. The molecule has 7 atom stereocenters. The molecule has 1 N–H and O–H groups in total. The predicted octanol–water partition coefficient (Wildman–Crippen LogP) is 5.10. The summed E-state index contributed by atoms with van der Waals surface area (Å²) in [6, 6.07) is 0. The Morgan fingerprint density at radius 1 is 1.23 bits per heavy atom. The summed E-state index contributed by atoms with van der Waals surface area (Å²) in [5, 5.41) is 11.2. The number of carbonyl (C=O) groups excluding carboxylic acids is 3. The van der Waals surface area contributed by atoms with Crippen molar-refractivity contribution in [3.8, 4) is 0 Å². The summed E-state index contributed by atoms with van der Waals surface area (Å²) in [5.41, 5.74) is 0.167. The van der Waals surface area contributed by atoms with E-state index in [4.69, 9.17) is 18.6 Å². The summed E-state index contributed by atoms with van der Waals surface area (Å²) < 4.78 is 23.5. The molecule has 0 amide bonds. The molecule has 39 heavy (non-hydrogen) atoms. The molecule has 9 heteroatoms. The molecule has 2 saturated carbocycles. The van der Waals surface area contributed by atoms with E-state index in [0.29, 0.717) is 24.8 Å². The lowest BCUT2D eigenvalue weighted by atomic mass is 9.45. The lowest BCUT2D eigenvalue weighted by molar-refractivity contribution is -0.197. The first kappa shape index (κ1) is 31.6. The third-order valence-corrected chi connectivity index (χ3v) is 14.6. The van der Waals surface area contributed by atoms with Crippen molar-refractivity contribution in [2.75, 3.05) is 13.2 Å². The van der Waals surface area contributed by atoms with Crippen LogP contribution in [0.25, 0.3) is 0 Å². The van der Waals surface area contributed by atoms with Gasteiger partial charge < -0.3 is 23.7 Å². The van der Waals surface area contributed by atoms with E-state index in [9.17, 15) is 19.5 Å². The van der Waals surface area contributed by atoms with Gasteiger partial charge in [-0.2, -0.15) is 0 Å². The smallest absolute Gasteiger partial charge is 0.336 e. The van der Waals surface area contributed by atoms with Crippen LogP contribution < -0.4 is 0 Å². The molecule has 1 unspecified atom stereocenters. The van der Waals surface area contributed by atoms with Crippen molar-refractivity contribution in [2.45, 2.75) is 111 Å². The van der Waals surface area contributed by atoms with Gasteiger partial charge in [0.15, 0.2) is 8.32 Å². The van der Waals surface area contributed by atoms with E-state index in [0.717, 1.165) is 12.0 Å². The maximum Gasteiger partial charge on any atom is 0.336 e. The molecule has 8 nitrogen and oxygen atoms in total. The number of aliphatic hydroxyl groups excluding tert-OH is 1. The Hall–Kier alpha value is -1.97. The standard InChI is InChI=1S/C30H48O8Si/c1-18-22(15-24(21-12-14-35-27(21)34)38-39(9,10)28(4,5)6)29(7)13-11-26(37-20(3)32)30(8,17-36-19(2)31)25(29)16-23(18)33/h12,22-26,33H,1,11,13-17H2,2-10H3/t22-,23?,24+,25+,26-,29+,30+/m1/s1. The summed E-state index contributed by atoms with van der Waals surface area (Å²) in [7, 11) is -2.30. The van der Waals surface area contributed by atoms with Gasteiger partial charge in [0.1, 0.15) is 19.3 Å². The van der Waals surface area contributed by atoms with Crippen molar-refractivity contribution in [3.63, 3.8) is 0 Å². The Morgan fingerprint density at radius 2 is 1.87 bits per heavy atom. The summed E-state index contributed by atoms with van der Waals surface area (Å²) in [4.78, 5) is 36.7. The molecular formula is C30H48O8Si. The summed E-state index contributed by atoms with van der Waals surface area (Å²) in [6.07, 6.45) is 2.25. The fraction of sp³-hybridized carbons (Fsp3) is 0.767. The lowest BCUT2D eigenvalue weighted by Crippen LogP contribution is -2.61. The molecule has 220 valence electrons. The number of esters is 3. The highest BCUT2D eigenvalue weighted by Crippen LogP contribution is 2.63. The van der Waals surface area contributed by atoms with Crippen molar-refractivity contribution in [3.05, 3.63) is 23.8 Å². The number of aliphatic hydroxyl groups is 1. The Bertz CT molecular complexity index is 1030. The number of hydrogen-bond donors (Lipinski definition) is 1. The minimum Gasteiger partial charge on any atom is -0.465 e. The minimum atomic E-state index is -2.30. The third kappa shape index (κ3) is 6.20. The molecule has 0 bridgehead atoms. The normalized spacial score (nSPS) is 34.1. The number of hydrogen-bond acceptors (Lipinski definition) is 8. The maximum absolute atomic E-state index is 12.8. The molecule has 3 aliphatic rings. The van der Waals surface area contributed by atoms with Gasteiger partial charge in [-0.3, -0.25) is 9.59 Å². The first-order valence-electron chi connectivity index (χ1n) is 14.1. The van der Waals surface area contributed by atoms with Crippen LogP contribution >= 0.6 is 0 Å². The van der Waals surface area contributed by atoms with E-state index >= 15 is 0 Å². The molecule has 0 aromatic carbocycles. The van der Waals surface area contributed by atoms with Gasteiger partial charge in [-0.05, 0) is 72.7 Å². The van der Waals surface area contributed by atoms with Crippen molar-refractivity contribution < 1.29 is 38.1 Å². The van der Waals surface area contributed by atoms with Crippen molar-refractivity contribution >= 4 is 26.2 Å². The van der Waals surface area contributed by atoms with Crippen molar-refractivity contribution in [1.29, 1.82) is 0 Å². The topological polar surface area (TPSA) is 108 Å². The number of cyclic esters (lactones) is 1. The van der Waals surface area contributed by atoms with Crippen LogP contribution in [-0.2, 0) is 33.0 Å². The average Bonchev–Trinajstić information content (AvgIpc) is 3.23. The Labute approximate surface area is 234 Å². The molecule has 2 fully saturated rings. The van der Waals surface area contributed by atoms with Crippen LogP contribution in [0.2, 0.25) is 18.1 Å². The van der Waals surface area contributed by atoms with Crippen molar-refractivity contribution in [1.82, 2.24) is 0 Å². The minimum absolute atomic E-state index is 0.0749. The van der Waals surface area contributed by atoms with Crippen LogP contribution in [0.15, 0.2) is 23.8 Å². The van der Waals surface area contributed by atoms with Crippen molar-refractivity contribution in [2.24, 2.45) is 22.7 Å². The highest BCUT2D eigenvalue weighted by atomic mass is 28.4.